The molecule has 124 valence electrons. The Morgan fingerprint density at radius 2 is 1.96 bits per heavy atom. The van der Waals surface area contributed by atoms with E-state index in [1.54, 1.807) is 18.2 Å². The second-order valence-electron chi connectivity index (χ2n) is 5.09. The summed E-state index contributed by atoms with van der Waals surface area (Å²) in [5, 5.41) is 14.6. The summed E-state index contributed by atoms with van der Waals surface area (Å²) in [5.41, 5.74) is 5.03. The van der Waals surface area contributed by atoms with Crippen molar-refractivity contribution in [3.05, 3.63) is 75.3 Å². The highest BCUT2D eigenvalue weighted by Crippen LogP contribution is 2.15. The molecule has 2 aromatic rings. The topological polar surface area (TPSA) is 84.6 Å². The first-order chi connectivity index (χ1) is 11.6. The number of para-hydroxylation sites is 1. The molecule has 0 heterocycles. The molecule has 2 aromatic carbocycles. The highest BCUT2D eigenvalue weighted by atomic mass is 32.2. The van der Waals surface area contributed by atoms with Crippen LogP contribution in [0.3, 0.4) is 0 Å². The number of nitro groups is 1. The molecule has 0 aliphatic heterocycles. The normalized spacial score (nSPS) is 10.7. The number of nitrogens with one attached hydrogen (secondary N) is 1. The lowest BCUT2D eigenvalue weighted by Crippen LogP contribution is -2.19. The van der Waals surface area contributed by atoms with Crippen LogP contribution in [0.2, 0.25) is 0 Å². The van der Waals surface area contributed by atoms with Gasteiger partial charge in [0.05, 0.1) is 22.5 Å². The predicted octanol–water partition coefficient (Wildman–Crippen LogP) is 3.29. The molecule has 0 saturated carbocycles. The van der Waals surface area contributed by atoms with E-state index in [1.807, 2.05) is 31.2 Å². The summed E-state index contributed by atoms with van der Waals surface area (Å²) in [6.07, 6.45) is 1.28. The summed E-state index contributed by atoms with van der Waals surface area (Å²) < 4.78 is 0. The molecule has 0 aromatic heterocycles. The highest BCUT2D eigenvalue weighted by Gasteiger charge is 2.10. The Hall–Kier alpha value is -2.67. The van der Waals surface area contributed by atoms with Gasteiger partial charge in [0.25, 0.3) is 5.69 Å². The van der Waals surface area contributed by atoms with Crippen molar-refractivity contribution in [2.24, 2.45) is 5.10 Å². The van der Waals surface area contributed by atoms with Crippen LogP contribution in [0.1, 0.15) is 16.7 Å². The van der Waals surface area contributed by atoms with Crippen molar-refractivity contribution in [2.45, 2.75) is 12.7 Å². The number of nitro benzene ring substituents is 1. The van der Waals surface area contributed by atoms with Crippen LogP contribution in [-0.4, -0.2) is 22.8 Å². The van der Waals surface area contributed by atoms with E-state index in [2.05, 4.69) is 10.5 Å². The van der Waals surface area contributed by atoms with Gasteiger partial charge in [-0.1, -0.05) is 42.0 Å². The van der Waals surface area contributed by atoms with Gasteiger partial charge >= 0.3 is 0 Å². The fourth-order valence-corrected chi connectivity index (χ4v) is 2.70. The van der Waals surface area contributed by atoms with Gasteiger partial charge < -0.3 is 0 Å². The van der Waals surface area contributed by atoms with Crippen molar-refractivity contribution in [1.82, 2.24) is 5.43 Å². The highest BCUT2D eigenvalue weighted by molar-refractivity contribution is 7.99. The summed E-state index contributed by atoms with van der Waals surface area (Å²) in [7, 11) is 0. The van der Waals surface area contributed by atoms with Gasteiger partial charge in [0.1, 0.15) is 0 Å². The predicted molar refractivity (Wildman–Crippen MR) is 96.2 cm³/mol. The molecule has 0 radical (unpaired) electrons. The van der Waals surface area contributed by atoms with Crippen molar-refractivity contribution < 1.29 is 9.72 Å². The van der Waals surface area contributed by atoms with E-state index in [0.29, 0.717) is 5.56 Å². The Bertz CT molecular complexity index is 745. The molecule has 1 amide bonds. The number of benzene rings is 2. The minimum absolute atomic E-state index is 0.0516. The minimum atomic E-state index is -0.486. The number of carbonyl (C=O) groups is 1. The van der Waals surface area contributed by atoms with Crippen LogP contribution in [0.5, 0.6) is 0 Å². The summed E-state index contributed by atoms with van der Waals surface area (Å²) in [4.78, 5) is 22.1. The molecule has 7 heteroatoms. The number of amides is 1. The van der Waals surface area contributed by atoms with E-state index in [1.165, 1.54) is 29.6 Å². The molecule has 1 N–H and O–H groups in total. The number of hydrogen-bond donors (Lipinski definition) is 1. The smallest absolute Gasteiger partial charge is 0.272 e. The lowest BCUT2D eigenvalue weighted by molar-refractivity contribution is -0.385. The lowest BCUT2D eigenvalue weighted by Gasteiger charge is -2.02. The van der Waals surface area contributed by atoms with Crippen LogP contribution in [0.15, 0.2) is 53.6 Å². The van der Waals surface area contributed by atoms with Crippen LogP contribution in [0.4, 0.5) is 5.69 Å². The third-order valence-electron chi connectivity index (χ3n) is 3.15. The Morgan fingerprint density at radius 1 is 1.25 bits per heavy atom. The van der Waals surface area contributed by atoms with E-state index in [4.69, 9.17) is 0 Å². The maximum atomic E-state index is 11.7. The first-order valence-corrected chi connectivity index (χ1v) is 8.40. The number of aryl methyl sites for hydroxylation is 1. The van der Waals surface area contributed by atoms with Crippen molar-refractivity contribution in [3.8, 4) is 0 Å². The standard InChI is InChI=1S/C17H17N3O3S/c1-13-6-8-14(9-7-13)11-24-12-17(21)19-18-10-15-4-2-3-5-16(15)20(22)23/h2-10H,11-12H2,1H3,(H,19,21). The summed E-state index contributed by atoms with van der Waals surface area (Å²) in [6.45, 7) is 2.03. The van der Waals surface area contributed by atoms with Crippen molar-refractivity contribution in [3.63, 3.8) is 0 Å². The van der Waals surface area contributed by atoms with Crippen LogP contribution in [0.25, 0.3) is 0 Å². The number of carbonyl (C=O) groups excluding carboxylic acids is 1. The fraction of sp³-hybridized carbons (Fsp3) is 0.176. The SMILES string of the molecule is Cc1ccc(CSCC(=O)NN=Cc2ccccc2[N+](=O)[O-])cc1. The molecule has 0 aliphatic carbocycles. The van der Waals surface area contributed by atoms with Crippen molar-refractivity contribution in [1.29, 1.82) is 0 Å². The average molecular weight is 343 g/mol. The third kappa shape index (κ3) is 5.51. The second-order valence-corrected chi connectivity index (χ2v) is 6.07. The number of hydrogen-bond acceptors (Lipinski definition) is 5. The minimum Gasteiger partial charge on any atom is -0.272 e. The van der Waals surface area contributed by atoms with Gasteiger partial charge in [-0.3, -0.25) is 14.9 Å². The van der Waals surface area contributed by atoms with Crippen LogP contribution in [-0.2, 0) is 10.5 Å². The largest absolute Gasteiger partial charge is 0.278 e. The third-order valence-corrected chi connectivity index (χ3v) is 4.15. The zero-order valence-corrected chi connectivity index (χ0v) is 14.0. The summed E-state index contributed by atoms with van der Waals surface area (Å²) in [5.74, 6) is 0.755. The number of thioether (sulfide) groups is 1. The first-order valence-electron chi connectivity index (χ1n) is 7.25. The van der Waals surface area contributed by atoms with E-state index < -0.39 is 4.92 Å². The Balaban J connectivity index is 1.79. The monoisotopic (exact) mass is 343 g/mol. The summed E-state index contributed by atoms with van der Waals surface area (Å²) in [6, 6.07) is 14.4. The fourth-order valence-electron chi connectivity index (χ4n) is 1.91. The van der Waals surface area contributed by atoms with Gasteiger partial charge in [-0.2, -0.15) is 5.10 Å². The van der Waals surface area contributed by atoms with Crippen molar-refractivity contribution >= 4 is 29.6 Å². The quantitative estimate of drug-likeness (QED) is 0.475. The molecular formula is C17H17N3O3S. The molecule has 0 atom stereocenters. The maximum Gasteiger partial charge on any atom is 0.278 e. The Kier molecular flexibility index (Phi) is 6.51. The Morgan fingerprint density at radius 3 is 2.67 bits per heavy atom. The molecule has 6 nitrogen and oxygen atoms in total. The molecule has 2 rings (SSSR count). The molecule has 0 bridgehead atoms. The van der Waals surface area contributed by atoms with Gasteiger partial charge in [0.15, 0.2) is 0 Å². The lowest BCUT2D eigenvalue weighted by atomic mass is 10.2. The van der Waals surface area contributed by atoms with E-state index in [0.717, 1.165) is 11.3 Å². The Labute approximate surface area is 144 Å². The number of rotatable bonds is 7. The van der Waals surface area contributed by atoms with E-state index in [9.17, 15) is 14.9 Å². The molecule has 24 heavy (non-hydrogen) atoms. The van der Waals surface area contributed by atoms with E-state index in [-0.39, 0.29) is 17.3 Å². The van der Waals surface area contributed by atoms with Crippen molar-refractivity contribution in [2.75, 3.05) is 5.75 Å². The van der Waals surface area contributed by atoms with Crippen LogP contribution in [0, 0.1) is 17.0 Å². The van der Waals surface area contributed by atoms with E-state index >= 15 is 0 Å². The molecule has 0 aliphatic rings. The molecule has 0 saturated heterocycles. The number of hydrazone groups is 1. The van der Waals surface area contributed by atoms with Crippen LogP contribution < -0.4 is 5.43 Å². The van der Waals surface area contributed by atoms with Gasteiger partial charge in [-0.05, 0) is 18.6 Å². The van der Waals surface area contributed by atoms with Gasteiger partial charge in [-0.15, -0.1) is 11.8 Å². The average Bonchev–Trinajstić information content (AvgIpc) is 2.57. The zero-order valence-electron chi connectivity index (χ0n) is 13.1. The second kappa shape index (κ2) is 8.83. The summed E-state index contributed by atoms with van der Waals surface area (Å²) >= 11 is 1.48. The molecule has 0 unspecified atom stereocenters. The zero-order chi connectivity index (χ0) is 17.4. The first kappa shape index (κ1) is 17.7. The van der Waals surface area contributed by atoms with Crippen LogP contribution >= 0.6 is 11.8 Å². The van der Waals surface area contributed by atoms with Gasteiger partial charge in [0.2, 0.25) is 5.91 Å². The molecule has 0 fully saturated rings. The molecule has 0 spiro atoms. The molecular weight excluding hydrogens is 326 g/mol. The number of nitrogens with zero attached hydrogens (tertiary/aromatic N) is 2. The maximum absolute atomic E-state index is 11.7. The van der Waals surface area contributed by atoms with Gasteiger partial charge in [-0.25, -0.2) is 5.43 Å². The van der Waals surface area contributed by atoms with Gasteiger partial charge in [0, 0.05) is 11.8 Å².